The quantitative estimate of drug-likeness (QED) is 0.285. The summed E-state index contributed by atoms with van der Waals surface area (Å²) in [7, 11) is 0. The summed E-state index contributed by atoms with van der Waals surface area (Å²) < 4.78 is 1.12. The molecule has 0 bridgehead atoms. The minimum atomic E-state index is 0.572. The lowest BCUT2D eigenvalue weighted by Crippen LogP contribution is -2.28. The predicted molar refractivity (Wildman–Crippen MR) is 51.9 cm³/mol. The summed E-state index contributed by atoms with van der Waals surface area (Å²) in [6, 6.07) is 7.35. The highest BCUT2D eigenvalue weighted by molar-refractivity contribution is 14.1. The fourth-order valence-corrected chi connectivity index (χ4v) is 1.03. The topological polar surface area (TPSA) is 46.3 Å². The number of halogens is 1. The number of benzene rings is 1. The Morgan fingerprint density at radius 3 is 2.36 bits per heavy atom. The molecule has 0 spiro atoms. The number of anilines is 1. The number of amides is 1. The van der Waals surface area contributed by atoms with E-state index in [2.05, 4.69) is 22.6 Å². The monoisotopic (exact) mass is 262 g/mol. The second-order valence-corrected chi connectivity index (χ2v) is 3.23. The zero-order valence-corrected chi connectivity index (χ0v) is 7.86. The first kappa shape index (κ1) is 8.48. The molecule has 0 fully saturated rings. The fourth-order valence-electron chi connectivity index (χ4n) is 0.674. The number of nitrogens with zero attached hydrogens (tertiary/aromatic N) is 1. The van der Waals surface area contributed by atoms with Crippen molar-refractivity contribution in [2.45, 2.75) is 0 Å². The van der Waals surface area contributed by atoms with Crippen LogP contribution in [-0.4, -0.2) is 6.41 Å². The first-order valence-electron chi connectivity index (χ1n) is 2.99. The molecule has 2 N–H and O–H groups in total. The van der Waals surface area contributed by atoms with Crippen molar-refractivity contribution < 1.29 is 4.79 Å². The molecule has 3 nitrogen and oxygen atoms in total. The lowest BCUT2D eigenvalue weighted by molar-refractivity contribution is -0.107. The molecule has 1 rings (SSSR count). The Kier molecular flexibility index (Phi) is 2.84. The number of rotatable bonds is 2. The molecule has 0 aliphatic rings. The van der Waals surface area contributed by atoms with Crippen LogP contribution in [0, 0.1) is 3.57 Å². The van der Waals surface area contributed by atoms with E-state index >= 15 is 0 Å². The van der Waals surface area contributed by atoms with Crippen LogP contribution in [0.25, 0.3) is 0 Å². The standard InChI is InChI=1S/C7H7IN2O/c8-6-1-3-7(4-2-6)10(9)5-11/h1-5H,9H2. The molecule has 0 saturated carbocycles. The Hall–Kier alpha value is -0.620. The van der Waals surface area contributed by atoms with Crippen LogP contribution >= 0.6 is 22.6 Å². The van der Waals surface area contributed by atoms with E-state index in [4.69, 9.17) is 5.84 Å². The molecule has 0 aliphatic heterocycles. The van der Waals surface area contributed by atoms with Gasteiger partial charge in [0.2, 0.25) is 6.41 Å². The summed E-state index contributed by atoms with van der Waals surface area (Å²) in [5.41, 5.74) is 0.695. The Morgan fingerprint density at radius 2 is 1.91 bits per heavy atom. The van der Waals surface area contributed by atoms with Crippen LogP contribution in [0.2, 0.25) is 0 Å². The van der Waals surface area contributed by atoms with Crippen molar-refractivity contribution in [3.8, 4) is 0 Å². The first-order chi connectivity index (χ1) is 5.24. The molecule has 0 aromatic heterocycles. The van der Waals surface area contributed by atoms with Crippen molar-refractivity contribution in [2.24, 2.45) is 5.84 Å². The SMILES string of the molecule is NN(C=O)c1ccc(I)cc1. The van der Waals surface area contributed by atoms with Crippen molar-refractivity contribution in [1.29, 1.82) is 0 Å². The van der Waals surface area contributed by atoms with E-state index in [-0.39, 0.29) is 0 Å². The highest BCUT2D eigenvalue weighted by Crippen LogP contribution is 2.12. The van der Waals surface area contributed by atoms with Crippen LogP contribution in [0.15, 0.2) is 24.3 Å². The van der Waals surface area contributed by atoms with Gasteiger partial charge in [-0.15, -0.1) is 0 Å². The Labute approximate surface area is 78.3 Å². The number of hydrogen-bond acceptors (Lipinski definition) is 2. The maximum absolute atomic E-state index is 10.2. The molecule has 1 amide bonds. The van der Waals surface area contributed by atoms with Gasteiger partial charge in [0.1, 0.15) is 0 Å². The number of hydrazine groups is 1. The molecule has 0 unspecified atom stereocenters. The highest BCUT2D eigenvalue weighted by Gasteiger charge is 1.96. The zero-order chi connectivity index (χ0) is 8.27. The summed E-state index contributed by atoms with van der Waals surface area (Å²) in [6.07, 6.45) is 0.572. The second kappa shape index (κ2) is 3.68. The lowest BCUT2D eigenvalue weighted by atomic mass is 10.3. The van der Waals surface area contributed by atoms with Crippen LogP contribution in [-0.2, 0) is 4.79 Å². The molecule has 0 heterocycles. The summed E-state index contributed by atoms with van der Waals surface area (Å²) in [5, 5.41) is 1.04. The largest absolute Gasteiger partial charge is 0.277 e. The molecule has 4 heteroatoms. The van der Waals surface area contributed by atoms with E-state index in [1.807, 2.05) is 12.1 Å². The van der Waals surface area contributed by atoms with E-state index < -0.39 is 0 Å². The van der Waals surface area contributed by atoms with Crippen LogP contribution in [0.4, 0.5) is 5.69 Å². The van der Waals surface area contributed by atoms with Crippen LogP contribution in [0.1, 0.15) is 0 Å². The normalized spacial score (nSPS) is 9.27. The molecule has 1 aromatic carbocycles. The van der Waals surface area contributed by atoms with Gasteiger partial charge < -0.3 is 0 Å². The van der Waals surface area contributed by atoms with E-state index in [0.29, 0.717) is 12.1 Å². The van der Waals surface area contributed by atoms with E-state index in [1.54, 1.807) is 12.1 Å². The van der Waals surface area contributed by atoms with Crippen molar-refractivity contribution >= 4 is 34.7 Å². The Bertz CT molecular complexity index is 247. The maximum atomic E-state index is 10.2. The van der Waals surface area contributed by atoms with Crippen molar-refractivity contribution in [3.05, 3.63) is 27.8 Å². The van der Waals surface area contributed by atoms with Crippen LogP contribution < -0.4 is 10.9 Å². The lowest BCUT2D eigenvalue weighted by Gasteiger charge is -2.08. The maximum Gasteiger partial charge on any atom is 0.228 e. The third kappa shape index (κ3) is 2.16. The van der Waals surface area contributed by atoms with Crippen molar-refractivity contribution in [1.82, 2.24) is 0 Å². The number of hydrogen-bond donors (Lipinski definition) is 1. The molecular formula is C7H7IN2O. The fraction of sp³-hybridized carbons (Fsp3) is 0. The average molecular weight is 262 g/mol. The summed E-state index contributed by atoms with van der Waals surface area (Å²) in [5.74, 6) is 5.31. The smallest absolute Gasteiger partial charge is 0.228 e. The summed E-state index contributed by atoms with van der Waals surface area (Å²) in [4.78, 5) is 10.2. The van der Waals surface area contributed by atoms with Crippen LogP contribution in [0.5, 0.6) is 0 Å². The predicted octanol–water partition coefficient (Wildman–Crippen LogP) is 1.13. The molecule has 0 radical (unpaired) electrons. The van der Waals surface area contributed by atoms with Gasteiger partial charge in [-0.25, -0.2) is 5.84 Å². The zero-order valence-electron chi connectivity index (χ0n) is 5.70. The minimum absolute atomic E-state index is 0.572. The molecule has 11 heavy (non-hydrogen) atoms. The van der Waals surface area contributed by atoms with Gasteiger partial charge in [-0.2, -0.15) is 0 Å². The van der Waals surface area contributed by atoms with E-state index in [0.717, 1.165) is 8.58 Å². The van der Waals surface area contributed by atoms with Gasteiger partial charge in [0.05, 0.1) is 5.69 Å². The molecule has 1 aromatic rings. The number of carbonyl (C=O) groups excluding carboxylic acids is 1. The highest BCUT2D eigenvalue weighted by atomic mass is 127. The molecule has 58 valence electrons. The van der Waals surface area contributed by atoms with E-state index in [1.165, 1.54) is 0 Å². The third-order valence-electron chi connectivity index (χ3n) is 1.24. The molecule has 0 aliphatic carbocycles. The Balaban J connectivity index is 2.89. The van der Waals surface area contributed by atoms with Crippen LogP contribution in [0.3, 0.4) is 0 Å². The third-order valence-corrected chi connectivity index (χ3v) is 1.96. The van der Waals surface area contributed by atoms with Gasteiger partial charge >= 0.3 is 0 Å². The molecular weight excluding hydrogens is 255 g/mol. The van der Waals surface area contributed by atoms with Gasteiger partial charge in [0.25, 0.3) is 0 Å². The molecule has 0 atom stereocenters. The van der Waals surface area contributed by atoms with Crippen molar-refractivity contribution in [2.75, 3.05) is 5.01 Å². The van der Waals surface area contributed by atoms with Crippen molar-refractivity contribution in [3.63, 3.8) is 0 Å². The van der Waals surface area contributed by atoms with E-state index in [9.17, 15) is 4.79 Å². The number of nitrogens with two attached hydrogens (primary N) is 1. The number of carbonyl (C=O) groups is 1. The summed E-state index contributed by atoms with van der Waals surface area (Å²) in [6.45, 7) is 0. The van der Waals surface area contributed by atoms with Gasteiger partial charge in [-0.05, 0) is 46.9 Å². The molecule has 0 saturated heterocycles. The Morgan fingerprint density at radius 1 is 1.36 bits per heavy atom. The first-order valence-corrected chi connectivity index (χ1v) is 4.06. The summed E-state index contributed by atoms with van der Waals surface area (Å²) >= 11 is 2.18. The second-order valence-electron chi connectivity index (χ2n) is 1.99. The van der Waals surface area contributed by atoms with Gasteiger partial charge in [0.15, 0.2) is 0 Å². The van der Waals surface area contributed by atoms with Gasteiger partial charge in [0, 0.05) is 3.57 Å². The van der Waals surface area contributed by atoms with Gasteiger partial charge in [-0.1, -0.05) is 0 Å². The average Bonchev–Trinajstić information content (AvgIpc) is 2.05. The van der Waals surface area contributed by atoms with Gasteiger partial charge in [-0.3, -0.25) is 9.80 Å². The minimum Gasteiger partial charge on any atom is -0.277 e.